The van der Waals surface area contributed by atoms with Crippen molar-refractivity contribution >= 4 is 21.6 Å². The lowest BCUT2D eigenvalue weighted by molar-refractivity contribution is 0.832. The molecule has 4 nitrogen and oxygen atoms in total. The van der Waals surface area contributed by atoms with E-state index in [0.717, 1.165) is 44.5 Å². The molecule has 0 atom stereocenters. The highest BCUT2D eigenvalue weighted by molar-refractivity contribution is 9.10. The monoisotopic (exact) mass is 421 g/mol. The molecule has 0 aliphatic carbocycles. The highest BCUT2D eigenvalue weighted by Gasteiger charge is 2.18. The van der Waals surface area contributed by atoms with Crippen molar-refractivity contribution in [2.75, 3.05) is 0 Å². The zero-order valence-corrected chi connectivity index (χ0v) is 16.9. The number of aromatic nitrogens is 3. The van der Waals surface area contributed by atoms with Gasteiger partial charge in [-0.25, -0.2) is 9.50 Å². The number of rotatable bonds is 4. The van der Waals surface area contributed by atoms with Crippen LogP contribution in [0.5, 0.6) is 0 Å². The van der Waals surface area contributed by atoms with Crippen LogP contribution in [-0.4, -0.2) is 14.6 Å². The molecule has 1 N–H and O–H groups in total. The summed E-state index contributed by atoms with van der Waals surface area (Å²) in [6.45, 7) is 4.00. The molecule has 2 aromatic heterocycles. The van der Waals surface area contributed by atoms with Gasteiger partial charge in [0.15, 0.2) is 5.65 Å². The van der Waals surface area contributed by atoms with Crippen LogP contribution in [0.1, 0.15) is 29.4 Å². The minimum Gasteiger partial charge on any atom is -0.293 e. The molecular formula is C22H20BrN3O. The highest BCUT2D eigenvalue weighted by Crippen LogP contribution is 2.27. The number of nitrogens with one attached hydrogen (secondary N) is 1. The Bertz CT molecular complexity index is 1160. The van der Waals surface area contributed by atoms with Gasteiger partial charge in [0.25, 0.3) is 5.56 Å². The van der Waals surface area contributed by atoms with Gasteiger partial charge in [-0.1, -0.05) is 65.3 Å². The molecule has 136 valence electrons. The summed E-state index contributed by atoms with van der Waals surface area (Å²) >= 11 is 3.45. The van der Waals surface area contributed by atoms with Crippen LogP contribution in [0.25, 0.3) is 16.8 Å². The second kappa shape index (κ2) is 7.16. The number of hydrogen-bond donors (Lipinski definition) is 1. The fraction of sp³-hybridized carbons (Fsp3) is 0.182. The summed E-state index contributed by atoms with van der Waals surface area (Å²) in [6.07, 6.45) is 1.36. The Morgan fingerprint density at radius 1 is 1.07 bits per heavy atom. The van der Waals surface area contributed by atoms with E-state index in [2.05, 4.69) is 40.1 Å². The summed E-state index contributed by atoms with van der Waals surface area (Å²) in [4.78, 5) is 18.0. The SMILES string of the molecule is CCc1[nH]n2c(=O)c(Cc3ccc(Br)cc3)c(C)nc2c1-c1ccccc1. The first kappa shape index (κ1) is 17.7. The molecule has 4 aromatic rings. The molecule has 0 fully saturated rings. The Morgan fingerprint density at radius 2 is 1.78 bits per heavy atom. The fourth-order valence-electron chi connectivity index (χ4n) is 3.43. The van der Waals surface area contributed by atoms with Gasteiger partial charge in [-0.05, 0) is 36.6 Å². The molecule has 0 spiro atoms. The maximum atomic E-state index is 13.2. The zero-order valence-electron chi connectivity index (χ0n) is 15.3. The average Bonchev–Trinajstić information content (AvgIpc) is 3.06. The quantitative estimate of drug-likeness (QED) is 0.508. The molecular weight excluding hydrogens is 402 g/mol. The maximum absolute atomic E-state index is 13.2. The highest BCUT2D eigenvalue weighted by atomic mass is 79.9. The molecule has 0 radical (unpaired) electrons. The molecule has 2 aromatic carbocycles. The van der Waals surface area contributed by atoms with Gasteiger partial charge in [0.2, 0.25) is 0 Å². The van der Waals surface area contributed by atoms with Crippen molar-refractivity contribution in [3.05, 3.63) is 91.9 Å². The third-order valence-corrected chi connectivity index (χ3v) is 5.39. The second-order valence-electron chi connectivity index (χ2n) is 6.63. The Labute approximate surface area is 166 Å². The maximum Gasteiger partial charge on any atom is 0.276 e. The molecule has 0 saturated carbocycles. The van der Waals surface area contributed by atoms with Gasteiger partial charge in [-0.3, -0.25) is 9.89 Å². The molecule has 0 saturated heterocycles. The van der Waals surface area contributed by atoms with Gasteiger partial charge >= 0.3 is 0 Å². The van der Waals surface area contributed by atoms with Crippen LogP contribution in [0.2, 0.25) is 0 Å². The van der Waals surface area contributed by atoms with E-state index in [4.69, 9.17) is 4.98 Å². The Balaban J connectivity index is 1.90. The van der Waals surface area contributed by atoms with E-state index in [9.17, 15) is 4.79 Å². The van der Waals surface area contributed by atoms with E-state index in [-0.39, 0.29) is 5.56 Å². The first-order chi connectivity index (χ1) is 13.1. The first-order valence-corrected chi connectivity index (χ1v) is 9.80. The van der Waals surface area contributed by atoms with Crippen LogP contribution < -0.4 is 5.56 Å². The van der Waals surface area contributed by atoms with E-state index in [0.29, 0.717) is 12.1 Å². The molecule has 4 rings (SSSR count). The van der Waals surface area contributed by atoms with E-state index < -0.39 is 0 Å². The van der Waals surface area contributed by atoms with Gasteiger partial charge in [0, 0.05) is 33.4 Å². The summed E-state index contributed by atoms with van der Waals surface area (Å²) in [5, 5.41) is 3.28. The normalized spacial score (nSPS) is 11.2. The van der Waals surface area contributed by atoms with Crippen molar-refractivity contribution in [1.82, 2.24) is 14.6 Å². The van der Waals surface area contributed by atoms with Crippen LogP contribution in [0.3, 0.4) is 0 Å². The number of nitrogens with zero attached hydrogens (tertiary/aromatic N) is 2. The number of aromatic amines is 1. The molecule has 0 aliphatic heterocycles. The van der Waals surface area contributed by atoms with Crippen molar-refractivity contribution < 1.29 is 0 Å². The van der Waals surface area contributed by atoms with E-state index in [1.165, 1.54) is 0 Å². The Hall–Kier alpha value is -2.66. The van der Waals surface area contributed by atoms with Crippen LogP contribution in [-0.2, 0) is 12.8 Å². The van der Waals surface area contributed by atoms with E-state index in [1.54, 1.807) is 4.52 Å². The lowest BCUT2D eigenvalue weighted by Crippen LogP contribution is -2.22. The largest absolute Gasteiger partial charge is 0.293 e. The van der Waals surface area contributed by atoms with Crippen molar-refractivity contribution in [3.63, 3.8) is 0 Å². The van der Waals surface area contributed by atoms with Gasteiger partial charge in [0.1, 0.15) is 0 Å². The molecule has 27 heavy (non-hydrogen) atoms. The molecule has 5 heteroatoms. The van der Waals surface area contributed by atoms with Gasteiger partial charge < -0.3 is 0 Å². The summed E-state index contributed by atoms with van der Waals surface area (Å²) in [5.41, 5.74) is 6.35. The summed E-state index contributed by atoms with van der Waals surface area (Å²) in [7, 11) is 0. The zero-order chi connectivity index (χ0) is 19.0. The molecule has 0 unspecified atom stereocenters. The van der Waals surface area contributed by atoms with E-state index in [1.807, 2.05) is 49.4 Å². The summed E-state index contributed by atoms with van der Waals surface area (Å²) in [6, 6.07) is 18.1. The van der Waals surface area contributed by atoms with Crippen molar-refractivity contribution in [3.8, 4) is 11.1 Å². The van der Waals surface area contributed by atoms with Crippen molar-refractivity contribution in [2.45, 2.75) is 26.7 Å². The molecule has 0 aliphatic rings. The summed E-state index contributed by atoms with van der Waals surface area (Å²) in [5.74, 6) is 0. The number of halogens is 1. The third kappa shape index (κ3) is 3.23. The van der Waals surface area contributed by atoms with Gasteiger partial charge in [0.05, 0.1) is 0 Å². The molecule has 0 bridgehead atoms. The van der Waals surface area contributed by atoms with Crippen molar-refractivity contribution in [1.29, 1.82) is 0 Å². The second-order valence-corrected chi connectivity index (χ2v) is 7.54. The Morgan fingerprint density at radius 3 is 2.44 bits per heavy atom. The smallest absolute Gasteiger partial charge is 0.276 e. The number of aryl methyl sites for hydroxylation is 2. The van der Waals surface area contributed by atoms with Crippen LogP contribution in [0, 0.1) is 6.92 Å². The average molecular weight is 422 g/mol. The van der Waals surface area contributed by atoms with Crippen LogP contribution in [0.4, 0.5) is 0 Å². The molecule has 0 amide bonds. The number of benzene rings is 2. The number of hydrogen-bond acceptors (Lipinski definition) is 2. The van der Waals surface area contributed by atoms with E-state index >= 15 is 0 Å². The summed E-state index contributed by atoms with van der Waals surface area (Å²) < 4.78 is 2.63. The van der Waals surface area contributed by atoms with Gasteiger partial charge in [-0.2, -0.15) is 0 Å². The Kier molecular flexibility index (Phi) is 4.70. The number of H-pyrrole nitrogens is 1. The standard InChI is InChI=1S/C22H20BrN3O/c1-3-19-20(16-7-5-4-6-8-16)21-24-14(2)18(22(27)26(21)25-19)13-15-9-11-17(23)12-10-15/h4-12,25H,3,13H2,1-2H3. The molecule has 2 heterocycles. The van der Waals surface area contributed by atoms with Gasteiger partial charge in [-0.15, -0.1) is 0 Å². The lowest BCUT2D eigenvalue weighted by Gasteiger charge is -2.07. The van der Waals surface area contributed by atoms with Crippen LogP contribution >= 0.6 is 15.9 Å². The minimum absolute atomic E-state index is 0.0303. The lowest BCUT2D eigenvalue weighted by atomic mass is 10.0. The third-order valence-electron chi connectivity index (χ3n) is 4.87. The predicted molar refractivity (Wildman–Crippen MR) is 112 cm³/mol. The van der Waals surface area contributed by atoms with Crippen LogP contribution in [0.15, 0.2) is 63.9 Å². The topological polar surface area (TPSA) is 50.2 Å². The fourth-order valence-corrected chi connectivity index (χ4v) is 3.70. The number of fused-ring (bicyclic) bond motifs is 1. The predicted octanol–water partition coefficient (Wildman–Crippen LogP) is 4.91. The van der Waals surface area contributed by atoms with Crippen molar-refractivity contribution in [2.24, 2.45) is 0 Å². The minimum atomic E-state index is -0.0303. The first-order valence-electron chi connectivity index (χ1n) is 9.01.